The van der Waals surface area contributed by atoms with Crippen molar-refractivity contribution in [3.05, 3.63) is 63.2 Å². The highest BCUT2D eigenvalue weighted by Crippen LogP contribution is 2.20. The summed E-state index contributed by atoms with van der Waals surface area (Å²) in [5.41, 5.74) is 2.76. The van der Waals surface area contributed by atoms with Crippen LogP contribution in [0.25, 0.3) is 6.08 Å². The number of para-hydroxylation sites is 1. The lowest BCUT2D eigenvalue weighted by Crippen LogP contribution is -2.09. The van der Waals surface area contributed by atoms with Gasteiger partial charge in [0.2, 0.25) is 5.91 Å². The maximum atomic E-state index is 12.1. The number of amides is 1. The molecule has 0 radical (unpaired) electrons. The van der Waals surface area contributed by atoms with Crippen LogP contribution in [0.2, 0.25) is 0 Å². The molecule has 2 aromatic carbocycles. The third-order valence-corrected chi connectivity index (χ3v) is 3.75. The lowest BCUT2D eigenvalue weighted by molar-refractivity contribution is -0.111. The van der Waals surface area contributed by atoms with E-state index >= 15 is 0 Å². The van der Waals surface area contributed by atoms with Gasteiger partial charge in [-0.3, -0.25) is 4.79 Å². The standard InChI is InChI=1S/C18H18INO2/c1-3-22-17-7-5-4-6-14(17)8-11-18(21)20-16-10-9-15(19)12-13(16)2/h4-12H,3H2,1-2H3,(H,20,21). The first-order chi connectivity index (χ1) is 10.6. The summed E-state index contributed by atoms with van der Waals surface area (Å²) in [5.74, 6) is 0.620. The van der Waals surface area contributed by atoms with Crippen LogP contribution in [-0.2, 0) is 4.79 Å². The first-order valence-electron chi connectivity index (χ1n) is 7.07. The van der Waals surface area contributed by atoms with Crippen molar-refractivity contribution < 1.29 is 9.53 Å². The fourth-order valence-electron chi connectivity index (χ4n) is 2.01. The van der Waals surface area contributed by atoms with Crippen molar-refractivity contribution in [3.8, 4) is 5.75 Å². The first-order valence-corrected chi connectivity index (χ1v) is 8.15. The number of halogens is 1. The maximum Gasteiger partial charge on any atom is 0.248 e. The first kappa shape index (κ1) is 16.5. The van der Waals surface area contributed by atoms with Gasteiger partial charge in [0.15, 0.2) is 0 Å². The Morgan fingerprint density at radius 2 is 2.05 bits per heavy atom. The van der Waals surface area contributed by atoms with Crippen LogP contribution in [0.1, 0.15) is 18.1 Å². The quantitative estimate of drug-likeness (QED) is 0.579. The van der Waals surface area contributed by atoms with Crippen molar-refractivity contribution in [1.82, 2.24) is 0 Å². The van der Waals surface area contributed by atoms with E-state index in [9.17, 15) is 4.79 Å². The molecule has 0 unspecified atom stereocenters. The highest BCUT2D eigenvalue weighted by atomic mass is 127. The molecule has 2 rings (SSSR count). The molecule has 1 amide bonds. The molecule has 0 aliphatic carbocycles. The summed E-state index contributed by atoms with van der Waals surface area (Å²) in [4.78, 5) is 12.1. The molecule has 0 aliphatic heterocycles. The number of hydrogen-bond donors (Lipinski definition) is 1. The predicted octanol–water partition coefficient (Wildman–Crippen LogP) is 4.65. The summed E-state index contributed by atoms with van der Waals surface area (Å²) in [6.07, 6.45) is 3.29. The van der Waals surface area contributed by atoms with E-state index in [1.54, 1.807) is 6.08 Å². The van der Waals surface area contributed by atoms with Gasteiger partial charge in [-0.05, 0) is 72.3 Å². The second kappa shape index (κ2) is 7.98. The lowest BCUT2D eigenvalue weighted by Gasteiger charge is -2.08. The highest BCUT2D eigenvalue weighted by molar-refractivity contribution is 14.1. The Hall–Kier alpha value is -1.82. The van der Waals surface area contributed by atoms with E-state index in [0.717, 1.165) is 26.1 Å². The highest BCUT2D eigenvalue weighted by Gasteiger charge is 2.03. The van der Waals surface area contributed by atoms with Crippen LogP contribution in [0.4, 0.5) is 5.69 Å². The number of carbonyl (C=O) groups is 1. The Labute approximate surface area is 144 Å². The van der Waals surface area contributed by atoms with E-state index in [1.165, 1.54) is 6.08 Å². The third-order valence-electron chi connectivity index (χ3n) is 3.08. The molecule has 0 aliphatic rings. The Morgan fingerprint density at radius 1 is 1.27 bits per heavy atom. The van der Waals surface area contributed by atoms with Gasteiger partial charge in [0.05, 0.1) is 6.61 Å². The SMILES string of the molecule is CCOc1ccccc1C=CC(=O)Nc1ccc(I)cc1C. The minimum atomic E-state index is -0.157. The van der Waals surface area contributed by atoms with Crippen LogP contribution in [0, 0.1) is 10.5 Å². The number of carbonyl (C=O) groups excluding carboxylic acids is 1. The van der Waals surface area contributed by atoms with E-state index < -0.39 is 0 Å². The molecule has 0 spiro atoms. The average Bonchev–Trinajstić information content (AvgIpc) is 2.49. The van der Waals surface area contributed by atoms with Crippen LogP contribution in [0.3, 0.4) is 0 Å². The van der Waals surface area contributed by atoms with Crippen LogP contribution in [0.15, 0.2) is 48.5 Å². The zero-order valence-electron chi connectivity index (χ0n) is 12.6. The number of hydrogen-bond acceptors (Lipinski definition) is 2. The summed E-state index contributed by atoms with van der Waals surface area (Å²) in [5, 5.41) is 2.89. The second-order valence-corrected chi connectivity index (χ2v) is 6.00. The minimum Gasteiger partial charge on any atom is -0.493 e. The van der Waals surface area contributed by atoms with Crippen molar-refractivity contribution in [1.29, 1.82) is 0 Å². The van der Waals surface area contributed by atoms with Gasteiger partial charge < -0.3 is 10.1 Å². The van der Waals surface area contributed by atoms with Crippen molar-refractivity contribution in [2.24, 2.45) is 0 Å². The van der Waals surface area contributed by atoms with Gasteiger partial charge in [-0.15, -0.1) is 0 Å². The number of ether oxygens (including phenoxy) is 1. The van der Waals surface area contributed by atoms with Crippen molar-refractivity contribution >= 4 is 40.3 Å². The zero-order valence-corrected chi connectivity index (χ0v) is 14.8. The molecule has 0 fully saturated rings. The molecule has 2 aromatic rings. The summed E-state index contributed by atoms with van der Waals surface area (Å²) in [6, 6.07) is 13.6. The predicted molar refractivity (Wildman–Crippen MR) is 99.2 cm³/mol. The summed E-state index contributed by atoms with van der Waals surface area (Å²) in [6.45, 7) is 4.51. The number of aryl methyl sites for hydroxylation is 1. The smallest absolute Gasteiger partial charge is 0.248 e. The van der Waals surface area contributed by atoms with Gasteiger partial charge in [0, 0.05) is 20.9 Å². The van der Waals surface area contributed by atoms with Crippen molar-refractivity contribution in [3.63, 3.8) is 0 Å². The number of anilines is 1. The van der Waals surface area contributed by atoms with Gasteiger partial charge in [-0.25, -0.2) is 0 Å². The Morgan fingerprint density at radius 3 is 2.77 bits per heavy atom. The molecular weight excluding hydrogens is 389 g/mol. The topological polar surface area (TPSA) is 38.3 Å². The monoisotopic (exact) mass is 407 g/mol. The number of nitrogens with one attached hydrogen (secondary N) is 1. The molecule has 22 heavy (non-hydrogen) atoms. The molecule has 0 saturated heterocycles. The lowest BCUT2D eigenvalue weighted by atomic mass is 10.1. The van der Waals surface area contributed by atoms with E-state index in [-0.39, 0.29) is 5.91 Å². The molecule has 0 heterocycles. The molecule has 3 nitrogen and oxygen atoms in total. The van der Waals surface area contributed by atoms with E-state index in [4.69, 9.17) is 4.74 Å². The van der Waals surface area contributed by atoms with Gasteiger partial charge in [-0.1, -0.05) is 18.2 Å². The maximum absolute atomic E-state index is 12.1. The Bertz CT molecular complexity index is 695. The summed E-state index contributed by atoms with van der Waals surface area (Å²) in [7, 11) is 0. The molecule has 0 aromatic heterocycles. The van der Waals surface area contributed by atoms with Crippen LogP contribution >= 0.6 is 22.6 Å². The molecule has 4 heteroatoms. The second-order valence-electron chi connectivity index (χ2n) is 4.75. The molecule has 0 atom stereocenters. The van der Waals surface area contributed by atoms with Gasteiger partial charge in [0.1, 0.15) is 5.75 Å². The molecule has 0 bridgehead atoms. The summed E-state index contributed by atoms with van der Waals surface area (Å²) < 4.78 is 6.68. The fraction of sp³-hybridized carbons (Fsp3) is 0.167. The molecular formula is C18H18INO2. The average molecular weight is 407 g/mol. The number of benzene rings is 2. The summed E-state index contributed by atoms with van der Waals surface area (Å²) >= 11 is 2.25. The molecule has 1 N–H and O–H groups in total. The Kier molecular flexibility index (Phi) is 6.00. The van der Waals surface area contributed by atoms with Gasteiger partial charge in [-0.2, -0.15) is 0 Å². The van der Waals surface area contributed by atoms with E-state index in [0.29, 0.717) is 6.61 Å². The van der Waals surface area contributed by atoms with Gasteiger partial charge >= 0.3 is 0 Å². The Balaban J connectivity index is 2.08. The largest absolute Gasteiger partial charge is 0.493 e. The molecule has 114 valence electrons. The van der Waals surface area contributed by atoms with E-state index in [2.05, 4.69) is 27.9 Å². The fourth-order valence-corrected chi connectivity index (χ4v) is 2.66. The van der Waals surface area contributed by atoms with Crippen LogP contribution in [0.5, 0.6) is 5.75 Å². The van der Waals surface area contributed by atoms with Crippen LogP contribution in [-0.4, -0.2) is 12.5 Å². The molecule has 0 saturated carbocycles. The number of rotatable bonds is 5. The van der Waals surface area contributed by atoms with Gasteiger partial charge in [0.25, 0.3) is 0 Å². The normalized spacial score (nSPS) is 10.7. The van der Waals surface area contributed by atoms with Crippen LogP contribution < -0.4 is 10.1 Å². The van der Waals surface area contributed by atoms with Crippen molar-refractivity contribution in [2.75, 3.05) is 11.9 Å². The minimum absolute atomic E-state index is 0.157. The zero-order chi connectivity index (χ0) is 15.9. The third kappa shape index (κ3) is 4.59. The van der Waals surface area contributed by atoms with Crippen molar-refractivity contribution in [2.45, 2.75) is 13.8 Å². The van der Waals surface area contributed by atoms with E-state index in [1.807, 2.05) is 56.3 Å².